The maximum atomic E-state index is 13.6. The number of aromatic nitrogens is 2. The SMILES string of the molecule is CC(=O)Nc1cc(NCc2cncn2C2CC2)ccc1F. The Morgan fingerprint density at radius 2 is 2.29 bits per heavy atom. The first-order chi connectivity index (χ1) is 10.1. The van der Waals surface area contributed by atoms with Gasteiger partial charge in [0, 0.05) is 24.8 Å². The molecule has 1 saturated carbocycles. The van der Waals surface area contributed by atoms with Gasteiger partial charge in [0.25, 0.3) is 0 Å². The third kappa shape index (κ3) is 3.21. The Kier molecular flexibility index (Phi) is 3.60. The molecule has 0 bridgehead atoms. The van der Waals surface area contributed by atoms with Crippen molar-refractivity contribution in [2.75, 3.05) is 10.6 Å². The van der Waals surface area contributed by atoms with E-state index in [-0.39, 0.29) is 11.6 Å². The minimum atomic E-state index is -0.446. The van der Waals surface area contributed by atoms with Crippen molar-refractivity contribution in [1.29, 1.82) is 0 Å². The number of carbonyl (C=O) groups excluding carboxylic acids is 1. The van der Waals surface area contributed by atoms with Crippen LogP contribution in [0.5, 0.6) is 0 Å². The summed E-state index contributed by atoms with van der Waals surface area (Å²) in [6, 6.07) is 5.16. The molecule has 1 aromatic heterocycles. The highest BCUT2D eigenvalue weighted by atomic mass is 19.1. The summed E-state index contributed by atoms with van der Waals surface area (Å²) in [5.74, 6) is -0.739. The molecule has 0 atom stereocenters. The Morgan fingerprint density at radius 3 is 3.00 bits per heavy atom. The van der Waals surface area contributed by atoms with Gasteiger partial charge in [0.15, 0.2) is 0 Å². The number of amides is 1. The van der Waals surface area contributed by atoms with Crippen LogP contribution in [0.2, 0.25) is 0 Å². The van der Waals surface area contributed by atoms with Crippen molar-refractivity contribution in [2.45, 2.75) is 32.4 Å². The van der Waals surface area contributed by atoms with Crippen LogP contribution in [0.15, 0.2) is 30.7 Å². The molecule has 1 aliphatic carbocycles. The van der Waals surface area contributed by atoms with Crippen LogP contribution in [0.4, 0.5) is 15.8 Å². The van der Waals surface area contributed by atoms with Crippen LogP contribution in [0, 0.1) is 5.82 Å². The fourth-order valence-electron chi connectivity index (χ4n) is 2.26. The van der Waals surface area contributed by atoms with Gasteiger partial charge in [-0.05, 0) is 31.0 Å². The van der Waals surface area contributed by atoms with Gasteiger partial charge >= 0.3 is 0 Å². The zero-order chi connectivity index (χ0) is 14.8. The molecular formula is C15H17FN4O. The highest BCUT2D eigenvalue weighted by molar-refractivity contribution is 5.89. The van der Waals surface area contributed by atoms with Crippen LogP contribution in [-0.2, 0) is 11.3 Å². The van der Waals surface area contributed by atoms with Gasteiger partial charge in [-0.1, -0.05) is 0 Å². The maximum Gasteiger partial charge on any atom is 0.221 e. The van der Waals surface area contributed by atoms with Crippen molar-refractivity contribution in [3.8, 4) is 0 Å². The molecule has 0 radical (unpaired) electrons. The van der Waals surface area contributed by atoms with E-state index in [0.717, 1.165) is 11.4 Å². The molecule has 1 aliphatic rings. The zero-order valence-corrected chi connectivity index (χ0v) is 11.8. The third-order valence-corrected chi connectivity index (χ3v) is 3.44. The maximum absolute atomic E-state index is 13.6. The van der Waals surface area contributed by atoms with Crippen LogP contribution in [0.1, 0.15) is 31.5 Å². The van der Waals surface area contributed by atoms with Crippen molar-refractivity contribution in [2.24, 2.45) is 0 Å². The smallest absolute Gasteiger partial charge is 0.221 e. The summed E-state index contributed by atoms with van der Waals surface area (Å²) in [6.45, 7) is 1.97. The fourth-order valence-corrected chi connectivity index (χ4v) is 2.26. The van der Waals surface area contributed by atoms with Gasteiger partial charge in [-0.2, -0.15) is 0 Å². The molecule has 1 fully saturated rings. The van der Waals surface area contributed by atoms with E-state index in [2.05, 4.69) is 20.2 Å². The third-order valence-electron chi connectivity index (χ3n) is 3.44. The van der Waals surface area contributed by atoms with Crippen LogP contribution < -0.4 is 10.6 Å². The highest BCUT2D eigenvalue weighted by Gasteiger charge is 2.24. The monoisotopic (exact) mass is 288 g/mol. The van der Waals surface area contributed by atoms with E-state index < -0.39 is 5.82 Å². The lowest BCUT2D eigenvalue weighted by Gasteiger charge is -2.11. The van der Waals surface area contributed by atoms with Crippen molar-refractivity contribution in [3.63, 3.8) is 0 Å². The van der Waals surface area contributed by atoms with E-state index >= 15 is 0 Å². The number of carbonyl (C=O) groups is 1. The van der Waals surface area contributed by atoms with Gasteiger partial charge < -0.3 is 15.2 Å². The van der Waals surface area contributed by atoms with Crippen LogP contribution in [0.25, 0.3) is 0 Å². The Hall–Kier alpha value is -2.37. The predicted octanol–water partition coefficient (Wildman–Crippen LogP) is 2.93. The minimum absolute atomic E-state index is 0.184. The van der Waals surface area contributed by atoms with E-state index in [4.69, 9.17) is 0 Å². The van der Waals surface area contributed by atoms with Crippen molar-refractivity contribution in [3.05, 3.63) is 42.2 Å². The lowest BCUT2D eigenvalue weighted by molar-refractivity contribution is -0.114. The normalized spacial score (nSPS) is 14.0. The number of rotatable bonds is 5. The molecule has 0 saturated heterocycles. The Morgan fingerprint density at radius 1 is 1.48 bits per heavy atom. The first-order valence-electron chi connectivity index (χ1n) is 6.95. The van der Waals surface area contributed by atoms with Crippen molar-refractivity contribution < 1.29 is 9.18 Å². The van der Waals surface area contributed by atoms with Crippen LogP contribution >= 0.6 is 0 Å². The molecular weight excluding hydrogens is 271 g/mol. The number of anilines is 2. The second kappa shape index (κ2) is 5.55. The van der Waals surface area contributed by atoms with E-state index in [9.17, 15) is 9.18 Å². The molecule has 3 rings (SSSR count). The lowest BCUT2D eigenvalue weighted by Crippen LogP contribution is -2.09. The quantitative estimate of drug-likeness (QED) is 0.889. The second-order valence-electron chi connectivity index (χ2n) is 5.25. The number of imidazole rings is 1. The zero-order valence-electron chi connectivity index (χ0n) is 11.8. The van der Waals surface area contributed by atoms with E-state index in [1.54, 1.807) is 12.1 Å². The molecule has 2 N–H and O–H groups in total. The Bertz CT molecular complexity index is 663. The number of halogens is 1. The first-order valence-corrected chi connectivity index (χ1v) is 6.95. The van der Waals surface area contributed by atoms with Gasteiger partial charge in [-0.3, -0.25) is 4.79 Å². The van der Waals surface area contributed by atoms with Gasteiger partial charge in [0.05, 0.1) is 24.3 Å². The Balaban J connectivity index is 1.69. The average Bonchev–Trinajstić information content (AvgIpc) is 3.18. The molecule has 110 valence electrons. The second-order valence-corrected chi connectivity index (χ2v) is 5.25. The van der Waals surface area contributed by atoms with Gasteiger partial charge in [0.2, 0.25) is 5.91 Å². The summed E-state index contributed by atoms with van der Waals surface area (Å²) >= 11 is 0. The number of benzene rings is 1. The first kappa shape index (κ1) is 13.6. The van der Waals surface area contributed by atoms with Crippen LogP contribution in [-0.4, -0.2) is 15.5 Å². The molecule has 5 nitrogen and oxygen atoms in total. The molecule has 1 amide bonds. The number of hydrogen-bond acceptors (Lipinski definition) is 3. The van der Waals surface area contributed by atoms with Gasteiger partial charge in [0.1, 0.15) is 5.82 Å². The molecule has 0 aliphatic heterocycles. The topological polar surface area (TPSA) is 59.0 Å². The summed E-state index contributed by atoms with van der Waals surface area (Å²) in [7, 11) is 0. The molecule has 6 heteroatoms. The average molecular weight is 288 g/mol. The van der Waals surface area contributed by atoms with E-state index in [1.165, 1.54) is 25.8 Å². The summed E-state index contributed by atoms with van der Waals surface area (Å²) in [6.07, 6.45) is 6.09. The Labute approximate surface area is 122 Å². The standard InChI is InChI=1S/C15H17FN4O/c1-10(21)19-15-6-11(2-5-14(15)16)18-8-13-7-17-9-20(13)12-3-4-12/h2,5-7,9,12,18H,3-4,8H2,1H3,(H,19,21). The molecule has 1 aromatic carbocycles. The van der Waals surface area contributed by atoms with Crippen molar-refractivity contribution >= 4 is 17.3 Å². The molecule has 0 unspecified atom stereocenters. The molecule has 2 aromatic rings. The highest BCUT2D eigenvalue weighted by Crippen LogP contribution is 2.35. The summed E-state index contributed by atoms with van der Waals surface area (Å²) in [4.78, 5) is 15.2. The lowest BCUT2D eigenvalue weighted by atomic mass is 10.2. The molecule has 21 heavy (non-hydrogen) atoms. The molecule has 0 spiro atoms. The van der Waals surface area contributed by atoms with Crippen molar-refractivity contribution in [1.82, 2.24) is 9.55 Å². The number of nitrogens with one attached hydrogen (secondary N) is 2. The summed E-state index contributed by atoms with van der Waals surface area (Å²) in [5.41, 5.74) is 2.04. The molecule has 1 heterocycles. The largest absolute Gasteiger partial charge is 0.379 e. The predicted molar refractivity (Wildman–Crippen MR) is 78.5 cm³/mol. The number of hydrogen-bond donors (Lipinski definition) is 2. The van der Waals surface area contributed by atoms with Gasteiger partial charge in [-0.15, -0.1) is 0 Å². The fraction of sp³-hybridized carbons (Fsp3) is 0.333. The number of nitrogens with zero attached hydrogens (tertiary/aromatic N) is 2. The summed E-state index contributed by atoms with van der Waals surface area (Å²) in [5, 5.41) is 5.71. The van der Waals surface area contributed by atoms with E-state index in [0.29, 0.717) is 12.6 Å². The van der Waals surface area contributed by atoms with E-state index in [1.807, 2.05) is 12.5 Å². The summed E-state index contributed by atoms with van der Waals surface area (Å²) < 4.78 is 15.7. The minimum Gasteiger partial charge on any atom is -0.379 e. The van der Waals surface area contributed by atoms with Gasteiger partial charge in [-0.25, -0.2) is 9.37 Å². The van der Waals surface area contributed by atoms with Crippen LogP contribution in [0.3, 0.4) is 0 Å².